The molecule has 3 N–H and O–H groups in total. The first-order chi connectivity index (χ1) is 12.2. The molecule has 0 saturated carbocycles. The standard InChI is InChI=1S/C18H26N6S/c1-13-11-25-18(21-13)24-8-6-23(7-9-24)10-15-14-4-2-3-5-16(14)22-17(15)20-12-19/h11-12,22H,2-10H2,1H3,(H2,19,20). The first-order valence-corrected chi connectivity index (χ1v) is 9.99. The number of thiazole rings is 1. The molecule has 0 atom stereocenters. The van der Waals surface area contributed by atoms with E-state index in [0.717, 1.165) is 55.8 Å². The van der Waals surface area contributed by atoms with Gasteiger partial charge in [-0.3, -0.25) is 4.90 Å². The number of nitrogens with zero attached hydrogens (tertiary/aromatic N) is 4. The molecule has 2 aromatic rings. The van der Waals surface area contributed by atoms with Gasteiger partial charge in [-0.25, -0.2) is 9.98 Å². The van der Waals surface area contributed by atoms with Crippen molar-refractivity contribution in [1.29, 1.82) is 0 Å². The lowest BCUT2D eigenvalue weighted by Gasteiger charge is -2.34. The van der Waals surface area contributed by atoms with E-state index in [2.05, 4.69) is 37.1 Å². The van der Waals surface area contributed by atoms with Gasteiger partial charge >= 0.3 is 0 Å². The van der Waals surface area contributed by atoms with Crippen LogP contribution in [0.5, 0.6) is 0 Å². The molecule has 2 aliphatic rings. The average molecular weight is 359 g/mol. The van der Waals surface area contributed by atoms with Crippen LogP contribution in [0.2, 0.25) is 0 Å². The molecular formula is C18H26N6S. The normalized spacial score (nSPS) is 18.8. The Morgan fingerprint density at radius 3 is 2.80 bits per heavy atom. The van der Waals surface area contributed by atoms with E-state index in [-0.39, 0.29) is 0 Å². The van der Waals surface area contributed by atoms with Crippen LogP contribution >= 0.6 is 11.3 Å². The molecule has 1 fully saturated rings. The predicted molar refractivity (Wildman–Crippen MR) is 104 cm³/mol. The summed E-state index contributed by atoms with van der Waals surface area (Å²) >= 11 is 1.75. The van der Waals surface area contributed by atoms with Gasteiger partial charge in [0.2, 0.25) is 0 Å². The summed E-state index contributed by atoms with van der Waals surface area (Å²) in [7, 11) is 0. The number of rotatable bonds is 4. The average Bonchev–Trinajstić information content (AvgIpc) is 3.21. The summed E-state index contributed by atoms with van der Waals surface area (Å²) in [6, 6.07) is 0. The number of anilines is 1. The lowest BCUT2D eigenvalue weighted by molar-refractivity contribution is 0.249. The van der Waals surface area contributed by atoms with Crippen LogP contribution in [0.3, 0.4) is 0 Å². The molecule has 0 bridgehead atoms. The number of aromatic amines is 1. The van der Waals surface area contributed by atoms with Crippen molar-refractivity contribution in [3.8, 4) is 0 Å². The third-order valence-corrected chi connectivity index (χ3v) is 6.24. The first-order valence-electron chi connectivity index (χ1n) is 9.11. The highest BCUT2D eigenvalue weighted by atomic mass is 32.1. The molecule has 1 aliphatic carbocycles. The number of aliphatic imine (C=N–C) groups is 1. The Balaban J connectivity index is 1.45. The molecule has 4 rings (SSSR count). The van der Waals surface area contributed by atoms with Gasteiger partial charge in [0.25, 0.3) is 0 Å². The molecule has 3 heterocycles. The van der Waals surface area contributed by atoms with Gasteiger partial charge in [0.1, 0.15) is 5.82 Å². The summed E-state index contributed by atoms with van der Waals surface area (Å²) in [5, 5.41) is 3.29. The topological polar surface area (TPSA) is 73.5 Å². The van der Waals surface area contributed by atoms with Crippen LogP contribution in [-0.2, 0) is 19.4 Å². The molecule has 25 heavy (non-hydrogen) atoms. The van der Waals surface area contributed by atoms with Crippen LogP contribution < -0.4 is 10.6 Å². The number of H-pyrrole nitrogens is 1. The number of fused-ring (bicyclic) bond motifs is 1. The molecule has 2 aromatic heterocycles. The monoisotopic (exact) mass is 358 g/mol. The molecule has 0 unspecified atom stereocenters. The van der Waals surface area contributed by atoms with Crippen molar-refractivity contribution in [2.45, 2.75) is 39.2 Å². The lowest BCUT2D eigenvalue weighted by Crippen LogP contribution is -2.46. The Morgan fingerprint density at radius 2 is 2.08 bits per heavy atom. The number of hydrogen-bond donors (Lipinski definition) is 2. The van der Waals surface area contributed by atoms with E-state index in [4.69, 9.17) is 5.73 Å². The van der Waals surface area contributed by atoms with Gasteiger partial charge in [-0.2, -0.15) is 0 Å². The maximum Gasteiger partial charge on any atom is 0.185 e. The fourth-order valence-corrected chi connectivity index (χ4v) is 4.76. The lowest BCUT2D eigenvalue weighted by atomic mass is 9.94. The fraction of sp³-hybridized carbons (Fsp3) is 0.556. The third-order valence-electron chi connectivity index (χ3n) is 5.22. The van der Waals surface area contributed by atoms with Crippen LogP contribution in [0.1, 0.15) is 35.4 Å². The van der Waals surface area contributed by atoms with Gasteiger partial charge in [-0.1, -0.05) is 0 Å². The van der Waals surface area contributed by atoms with Crippen LogP contribution in [0.15, 0.2) is 10.4 Å². The van der Waals surface area contributed by atoms with Gasteiger partial charge in [0, 0.05) is 49.4 Å². The van der Waals surface area contributed by atoms with Gasteiger partial charge in [0.15, 0.2) is 5.13 Å². The molecule has 0 radical (unpaired) electrons. The van der Waals surface area contributed by atoms with E-state index < -0.39 is 0 Å². The van der Waals surface area contributed by atoms with Crippen molar-refractivity contribution in [3.05, 3.63) is 27.9 Å². The largest absolute Gasteiger partial charge is 0.390 e. The Hall–Kier alpha value is -1.86. The number of piperazine rings is 1. The second-order valence-electron chi connectivity index (χ2n) is 6.93. The highest BCUT2D eigenvalue weighted by Crippen LogP contribution is 2.33. The summed E-state index contributed by atoms with van der Waals surface area (Å²) in [5.41, 5.74) is 10.9. The van der Waals surface area contributed by atoms with E-state index >= 15 is 0 Å². The minimum atomic E-state index is 0.962. The van der Waals surface area contributed by atoms with Crippen molar-refractivity contribution >= 4 is 28.6 Å². The third kappa shape index (κ3) is 3.43. The smallest absolute Gasteiger partial charge is 0.185 e. The molecule has 1 aliphatic heterocycles. The number of nitrogens with one attached hydrogen (secondary N) is 1. The summed E-state index contributed by atoms with van der Waals surface area (Å²) < 4.78 is 0. The zero-order valence-electron chi connectivity index (χ0n) is 14.8. The summed E-state index contributed by atoms with van der Waals surface area (Å²) in [6.45, 7) is 7.22. The Morgan fingerprint density at radius 1 is 1.28 bits per heavy atom. The summed E-state index contributed by atoms with van der Waals surface area (Å²) in [6.07, 6.45) is 6.26. The maximum absolute atomic E-state index is 5.57. The van der Waals surface area contributed by atoms with E-state index in [1.54, 1.807) is 11.3 Å². The van der Waals surface area contributed by atoms with Gasteiger partial charge < -0.3 is 15.6 Å². The van der Waals surface area contributed by atoms with Crippen LogP contribution in [-0.4, -0.2) is 47.4 Å². The van der Waals surface area contributed by atoms with Crippen molar-refractivity contribution in [2.75, 3.05) is 31.1 Å². The second-order valence-corrected chi connectivity index (χ2v) is 7.77. The Bertz CT molecular complexity index is 754. The predicted octanol–water partition coefficient (Wildman–Crippen LogP) is 2.60. The molecule has 0 spiro atoms. The van der Waals surface area contributed by atoms with Gasteiger partial charge in [-0.15, -0.1) is 11.3 Å². The highest BCUT2D eigenvalue weighted by Gasteiger charge is 2.24. The fourth-order valence-electron chi connectivity index (χ4n) is 3.90. The zero-order chi connectivity index (χ0) is 17.2. The minimum Gasteiger partial charge on any atom is -0.390 e. The van der Waals surface area contributed by atoms with Crippen molar-refractivity contribution in [2.24, 2.45) is 10.7 Å². The number of aromatic nitrogens is 2. The Kier molecular flexibility index (Phi) is 4.76. The zero-order valence-corrected chi connectivity index (χ0v) is 15.6. The van der Waals surface area contributed by atoms with E-state index in [9.17, 15) is 0 Å². The number of aryl methyl sites for hydroxylation is 2. The van der Waals surface area contributed by atoms with E-state index in [0.29, 0.717) is 0 Å². The van der Waals surface area contributed by atoms with Crippen LogP contribution in [0.25, 0.3) is 0 Å². The maximum atomic E-state index is 5.57. The molecule has 134 valence electrons. The summed E-state index contributed by atoms with van der Waals surface area (Å²) in [5.74, 6) is 0.965. The van der Waals surface area contributed by atoms with Crippen molar-refractivity contribution in [1.82, 2.24) is 14.9 Å². The molecule has 1 saturated heterocycles. The van der Waals surface area contributed by atoms with Gasteiger partial charge in [0.05, 0.1) is 12.0 Å². The minimum absolute atomic E-state index is 0.962. The van der Waals surface area contributed by atoms with Crippen molar-refractivity contribution in [3.63, 3.8) is 0 Å². The van der Waals surface area contributed by atoms with E-state index in [1.807, 2.05) is 0 Å². The molecular weight excluding hydrogens is 332 g/mol. The number of nitrogens with two attached hydrogens (primary N) is 1. The SMILES string of the molecule is Cc1csc(N2CCN(Cc3c(/N=C\N)[nH]c4c3CCCC4)CC2)n1. The number of hydrogen-bond acceptors (Lipinski definition) is 5. The first kappa shape index (κ1) is 16.6. The van der Waals surface area contributed by atoms with E-state index in [1.165, 1.54) is 42.4 Å². The molecule has 0 amide bonds. The quantitative estimate of drug-likeness (QED) is 0.651. The van der Waals surface area contributed by atoms with Crippen molar-refractivity contribution < 1.29 is 0 Å². The highest BCUT2D eigenvalue weighted by molar-refractivity contribution is 7.13. The summed E-state index contributed by atoms with van der Waals surface area (Å²) in [4.78, 5) is 17.5. The second kappa shape index (κ2) is 7.17. The molecule has 7 heteroatoms. The van der Waals surface area contributed by atoms with Gasteiger partial charge in [-0.05, 0) is 38.2 Å². The molecule has 6 nitrogen and oxygen atoms in total. The van der Waals surface area contributed by atoms with Crippen LogP contribution in [0, 0.1) is 6.92 Å². The van der Waals surface area contributed by atoms with Crippen LogP contribution in [0.4, 0.5) is 10.9 Å². The Labute approximate surface area is 152 Å². The molecule has 0 aromatic carbocycles.